The lowest BCUT2D eigenvalue weighted by Crippen LogP contribution is -2.47. The molecule has 4 aromatic rings. The van der Waals surface area contributed by atoms with Crippen molar-refractivity contribution in [1.82, 2.24) is 24.5 Å². The highest BCUT2D eigenvalue weighted by Gasteiger charge is 2.45. The number of nitrogen functional groups attached to an aromatic ring is 1. The minimum Gasteiger partial charge on any atom is -0.497 e. The smallest absolute Gasteiger partial charge is 0.248 e. The minimum atomic E-state index is -3.74. The van der Waals surface area contributed by atoms with E-state index in [9.17, 15) is 18.3 Å². The van der Waals surface area contributed by atoms with Crippen LogP contribution in [0.25, 0.3) is 28.0 Å². The number of amides is 1. The molecule has 0 aliphatic carbocycles. The maximum absolute atomic E-state index is 13.0. The monoisotopic (exact) mass is 562 g/mol. The predicted octanol–water partition coefficient (Wildman–Crippen LogP) is 2.68. The second-order valence-corrected chi connectivity index (χ2v) is 12.4. The van der Waals surface area contributed by atoms with Gasteiger partial charge in [-0.25, -0.2) is 13.4 Å². The molecule has 6 rings (SSSR count). The molecule has 0 spiro atoms. The Kier molecular flexibility index (Phi) is 6.46. The standard InChI is InChI=1S/C28H30N6O5S/c1-39-21-8-3-16(4-9-21)23-10-5-17(13-30-23)22-14-31-34-27(29)26(40(2,37)38)25(32-28(22)34)18-11-19-6-7-20(12-18)33(19)24(36)15-35/h3-5,8-10,13-14,18-20,35H,6-7,11-12,15,29H2,1-2H3/t18?,19-,20+. The third kappa shape index (κ3) is 4.37. The zero-order valence-corrected chi connectivity index (χ0v) is 23.0. The number of anilines is 1. The number of hydrogen-bond donors (Lipinski definition) is 2. The second kappa shape index (κ2) is 9.86. The van der Waals surface area contributed by atoms with Crippen molar-refractivity contribution in [2.75, 3.05) is 25.7 Å². The Morgan fingerprint density at radius 2 is 1.75 bits per heavy atom. The van der Waals surface area contributed by atoms with Crippen LogP contribution < -0.4 is 10.5 Å². The number of ether oxygens (including phenoxy) is 1. The predicted molar refractivity (Wildman–Crippen MR) is 148 cm³/mol. The molecule has 208 valence electrons. The number of piperidine rings is 1. The Balaban J connectivity index is 1.41. The lowest BCUT2D eigenvalue weighted by Gasteiger charge is -2.39. The summed E-state index contributed by atoms with van der Waals surface area (Å²) in [5, 5.41) is 13.8. The number of aromatic nitrogens is 4. The summed E-state index contributed by atoms with van der Waals surface area (Å²) in [6, 6.07) is 11.3. The molecule has 0 saturated carbocycles. The van der Waals surface area contributed by atoms with Crippen molar-refractivity contribution >= 4 is 27.2 Å². The second-order valence-electron chi connectivity index (χ2n) is 10.5. The number of aliphatic hydroxyl groups is 1. The molecular formula is C28H30N6O5S. The highest BCUT2D eigenvalue weighted by atomic mass is 32.2. The number of benzene rings is 1. The van der Waals surface area contributed by atoms with Crippen LogP contribution in [0, 0.1) is 0 Å². The van der Waals surface area contributed by atoms with Crippen LogP contribution >= 0.6 is 0 Å². The van der Waals surface area contributed by atoms with E-state index >= 15 is 0 Å². The molecule has 5 heterocycles. The van der Waals surface area contributed by atoms with E-state index in [2.05, 4.69) is 10.1 Å². The zero-order chi connectivity index (χ0) is 28.2. The number of methoxy groups -OCH3 is 1. The van der Waals surface area contributed by atoms with E-state index in [1.807, 2.05) is 36.4 Å². The molecule has 2 bridgehead atoms. The zero-order valence-electron chi connectivity index (χ0n) is 22.2. The van der Waals surface area contributed by atoms with Gasteiger partial charge in [0.15, 0.2) is 15.5 Å². The fourth-order valence-corrected chi connectivity index (χ4v) is 7.31. The molecule has 3 aromatic heterocycles. The summed E-state index contributed by atoms with van der Waals surface area (Å²) < 4.78 is 32.5. The van der Waals surface area contributed by atoms with Crippen LogP contribution in [-0.4, -0.2) is 76.0 Å². The van der Waals surface area contributed by atoms with Crippen LogP contribution in [0.15, 0.2) is 53.7 Å². The summed E-state index contributed by atoms with van der Waals surface area (Å²) in [6.07, 6.45) is 7.19. The maximum Gasteiger partial charge on any atom is 0.248 e. The molecule has 2 saturated heterocycles. The van der Waals surface area contributed by atoms with Crippen LogP contribution in [0.4, 0.5) is 5.82 Å². The van der Waals surface area contributed by atoms with E-state index < -0.39 is 16.4 Å². The van der Waals surface area contributed by atoms with Gasteiger partial charge >= 0.3 is 0 Å². The van der Waals surface area contributed by atoms with Crippen molar-refractivity contribution < 1.29 is 23.1 Å². The summed E-state index contributed by atoms with van der Waals surface area (Å²) in [5.41, 5.74) is 10.5. The van der Waals surface area contributed by atoms with Gasteiger partial charge in [0.2, 0.25) is 5.91 Å². The highest BCUT2D eigenvalue weighted by Crippen LogP contribution is 2.45. The van der Waals surface area contributed by atoms with Crippen molar-refractivity contribution in [3.8, 4) is 28.1 Å². The van der Waals surface area contributed by atoms with Gasteiger partial charge in [-0.15, -0.1) is 0 Å². The Morgan fingerprint density at radius 1 is 1.07 bits per heavy atom. The largest absolute Gasteiger partial charge is 0.497 e. The minimum absolute atomic E-state index is 0.0118. The summed E-state index contributed by atoms with van der Waals surface area (Å²) in [6.45, 7) is -0.534. The van der Waals surface area contributed by atoms with Crippen LogP contribution in [-0.2, 0) is 14.6 Å². The van der Waals surface area contributed by atoms with Crippen molar-refractivity contribution in [1.29, 1.82) is 0 Å². The fraction of sp³-hybridized carbons (Fsp3) is 0.357. The van der Waals surface area contributed by atoms with Crippen LogP contribution in [0.1, 0.15) is 37.3 Å². The SMILES string of the molecule is COc1ccc(-c2ccc(-c3cnn4c(N)c(S(C)(=O)=O)c(C5C[C@H]6CC[C@@H](C5)N6C(=O)CO)nc34)cn2)cc1. The van der Waals surface area contributed by atoms with Crippen molar-refractivity contribution in [2.45, 2.75) is 48.6 Å². The number of hydrogen-bond acceptors (Lipinski definition) is 9. The quantitative estimate of drug-likeness (QED) is 0.361. The fourth-order valence-electron chi connectivity index (χ4n) is 6.25. The molecule has 3 atom stereocenters. The van der Waals surface area contributed by atoms with Crippen molar-refractivity contribution in [3.63, 3.8) is 0 Å². The summed E-state index contributed by atoms with van der Waals surface area (Å²) >= 11 is 0. The summed E-state index contributed by atoms with van der Waals surface area (Å²) in [5.74, 6) is 0.271. The molecule has 2 fully saturated rings. The van der Waals surface area contributed by atoms with Gasteiger partial charge in [0.05, 0.1) is 24.7 Å². The highest BCUT2D eigenvalue weighted by molar-refractivity contribution is 7.91. The number of nitrogens with zero attached hydrogens (tertiary/aromatic N) is 5. The average Bonchev–Trinajstić information content (AvgIpc) is 3.50. The van der Waals surface area contributed by atoms with Gasteiger partial charge in [-0.1, -0.05) is 6.07 Å². The third-order valence-electron chi connectivity index (χ3n) is 8.04. The number of carbonyl (C=O) groups excluding carboxylic acids is 1. The van der Waals surface area contributed by atoms with Gasteiger partial charge in [-0.2, -0.15) is 9.61 Å². The molecule has 1 unspecified atom stereocenters. The van der Waals surface area contributed by atoms with E-state index in [1.54, 1.807) is 24.4 Å². The van der Waals surface area contributed by atoms with E-state index in [-0.39, 0.29) is 34.6 Å². The molecule has 2 aliphatic heterocycles. The van der Waals surface area contributed by atoms with Crippen LogP contribution in [0.2, 0.25) is 0 Å². The molecule has 12 heteroatoms. The van der Waals surface area contributed by atoms with E-state index in [0.29, 0.717) is 29.7 Å². The number of fused-ring (bicyclic) bond motifs is 3. The van der Waals surface area contributed by atoms with Gasteiger partial charge in [0.1, 0.15) is 23.1 Å². The Morgan fingerprint density at radius 3 is 2.33 bits per heavy atom. The first-order valence-electron chi connectivity index (χ1n) is 13.1. The van der Waals surface area contributed by atoms with E-state index in [1.165, 1.54) is 4.52 Å². The van der Waals surface area contributed by atoms with E-state index in [4.69, 9.17) is 15.5 Å². The molecular weight excluding hydrogens is 532 g/mol. The lowest BCUT2D eigenvalue weighted by molar-refractivity contribution is -0.138. The average molecular weight is 563 g/mol. The Hall–Kier alpha value is -4.03. The molecule has 2 aliphatic rings. The first-order valence-corrected chi connectivity index (χ1v) is 15.0. The maximum atomic E-state index is 13.0. The first kappa shape index (κ1) is 26.2. The van der Waals surface area contributed by atoms with Crippen molar-refractivity contribution in [3.05, 3.63) is 54.5 Å². The van der Waals surface area contributed by atoms with Gasteiger partial charge in [0, 0.05) is 47.1 Å². The number of carbonyl (C=O) groups is 1. The van der Waals surface area contributed by atoms with Crippen molar-refractivity contribution in [2.24, 2.45) is 0 Å². The molecule has 1 aromatic carbocycles. The van der Waals surface area contributed by atoms with Crippen LogP contribution in [0.5, 0.6) is 5.75 Å². The first-order chi connectivity index (χ1) is 19.2. The summed E-state index contributed by atoms with van der Waals surface area (Å²) in [7, 11) is -2.12. The van der Waals surface area contributed by atoms with Gasteiger partial charge in [-0.3, -0.25) is 9.78 Å². The van der Waals surface area contributed by atoms with Crippen LogP contribution in [0.3, 0.4) is 0 Å². The molecule has 3 N–H and O–H groups in total. The normalized spacial score (nSPS) is 20.7. The lowest BCUT2D eigenvalue weighted by atomic mass is 9.87. The molecule has 1 amide bonds. The van der Waals surface area contributed by atoms with Gasteiger partial charge in [0.25, 0.3) is 0 Å². The topological polar surface area (TPSA) is 153 Å². The number of nitrogens with two attached hydrogens (primary N) is 1. The molecule has 11 nitrogen and oxygen atoms in total. The number of pyridine rings is 1. The Labute approximate surface area is 231 Å². The number of rotatable bonds is 6. The summed E-state index contributed by atoms with van der Waals surface area (Å²) in [4.78, 5) is 23.6. The van der Waals surface area contributed by atoms with Gasteiger partial charge < -0.3 is 20.5 Å². The number of sulfone groups is 1. The third-order valence-corrected chi connectivity index (χ3v) is 9.20. The van der Waals surface area contributed by atoms with Gasteiger partial charge in [-0.05, 0) is 56.0 Å². The Bertz CT molecular complexity index is 1690. The van der Waals surface area contributed by atoms with E-state index in [0.717, 1.165) is 41.7 Å². The molecule has 40 heavy (non-hydrogen) atoms. The number of aliphatic hydroxyl groups excluding tert-OH is 1. The molecule has 0 radical (unpaired) electrons.